The first-order chi connectivity index (χ1) is 9.19. The summed E-state index contributed by atoms with van der Waals surface area (Å²) in [6.07, 6.45) is 0.452. The molecular weight excluding hydrogens is 246 g/mol. The van der Waals surface area contributed by atoms with Crippen molar-refractivity contribution in [3.63, 3.8) is 0 Å². The summed E-state index contributed by atoms with van der Waals surface area (Å²) in [4.78, 5) is 23.1. The molecule has 5 heteroatoms. The third-order valence-corrected chi connectivity index (χ3v) is 3.07. The van der Waals surface area contributed by atoms with Gasteiger partial charge in [0, 0.05) is 13.0 Å². The van der Waals surface area contributed by atoms with E-state index in [2.05, 4.69) is 10.1 Å². The van der Waals surface area contributed by atoms with Gasteiger partial charge in [-0.25, -0.2) is 0 Å². The average molecular weight is 263 g/mol. The maximum atomic E-state index is 11.7. The summed E-state index contributed by atoms with van der Waals surface area (Å²) < 4.78 is 9.97. The van der Waals surface area contributed by atoms with Crippen LogP contribution < -0.4 is 5.32 Å². The molecule has 0 spiro atoms. The Hall–Kier alpha value is -1.88. The molecule has 0 unspecified atom stereocenters. The van der Waals surface area contributed by atoms with E-state index in [1.54, 1.807) is 0 Å². The van der Waals surface area contributed by atoms with Crippen LogP contribution in [0.5, 0.6) is 0 Å². The van der Waals surface area contributed by atoms with Crippen LogP contribution in [0.4, 0.5) is 0 Å². The van der Waals surface area contributed by atoms with Crippen LogP contribution in [-0.2, 0) is 25.5 Å². The molecule has 19 heavy (non-hydrogen) atoms. The molecule has 1 aromatic rings. The molecule has 2 rings (SSSR count). The highest BCUT2D eigenvalue weighted by Gasteiger charge is 2.32. The summed E-state index contributed by atoms with van der Waals surface area (Å²) in [6, 6.07) is 9.05. The second-order valence-electron chi connectivity index (χ2n) is 4.49. The summed E-state index contributed by atoms with van der Waals surface area (Å²) >= 11 is 0. The fourth-order valence-corrected chi connectivity index (χ4v) is 2.10. The van der Waals surface area contributed by atoms with Crippen molar-refractivity contribution in [3.05, 3.63) is 35.9 Å². The number of rotatable bonds is 4. The second kappa shape index (κ2) is 6.33. The number of carbonyl (C=O) groups is 2. The number of ether oxygens (including phenoxy) is 2. The van der Waals surface area contributed by atoms with Crippen molar-refractivity contribution in [2.45, 2.75) is 25.0 Å². The molecule has 2 atom stereocenters. The van der Waals surface area contributed by atoms with Gasteiger partial charge in [-0.05, 0) is 5.56 Å². The summed E-state index contributed by atoms with van der Waals surface area (Å²) in [5.41, 5.74) is 0.919. The van der Waals surface area contributed by atoms with E-state index in [-0.39, 0.29) is 30.5 Å². The number of esters is 2. The third-order valence-electron chi connectivity index (χ3n) is 3.07. The zero-order valence-electron chi connectivity index (χ0n) is 10.8. The Balaban J connectivity index is 1.79. The van der Waals surface area contributed by atoms with Crippen molar-refractivity contribution in [3.8, 4) is 0 Å². The predicted molar refractivity (Wildman–Crippen MR) is 68.4 cm³/mol. The Labute approximate surface area is 111 Å². The lowest BCUT2D eigenvalue weighted by molar-refractivity contribution is -0.149. The molecule has 1 N–H and O–H groups in total. The third kappa shape index (κ3) is 3.79. The molecule has 0 aromatic heterocycles. The monoisotopic (exact) mass is 263 g/mol. The highest BCUT2D eigenvalue weighted by Crippen LogP contribution is 2.13. The first-order valence-electron chi connectivity index (χ1n) is 6.23. The quantitative estimate of drug-likeness (QED) is 0.809. The van der Waals surface area contributed by atoms with E-state index in [1.165, 1.54) is 7.11 Å². The molecule has 0 saturated carbocycles. The van der Waals surface area contributed by atoms with Crippen LogP contribution in [0.3, 0.4) is 0 Å². The fraction of sp³-hybridized carbons (Fsp3) is 0.429. The maximum absolute atomic E-state index is 11.7. The number of nitrogens with one attached hydrogen (secondary N) is 1. The van der Waals surface area contributed by atoms with Crippen molar-refractivity contribution in [2.24, 2.45) is 0 Å². The zero-order valence-corrected chi connectivity index (χ0v) is 10.8. The van der Waals surface area contributed by atoms with E-state index in [4.69, 9.17) is 4.74 Å². The van der Waals surface area contributed by atoms with Gasteiger partial charge in [0.1, 0.15) is 12.1 Å². The van der Waals surface area contributed by atoms with Gasteiger partial charge in [-0.15, -0.1) is 0 Å². The highest BCUT2D eigenvalue weighted by molar-refractivity contribution is 5.76. The Morgan fingerprint density at radius 3 is 2.74 bits per heavy atom. The van der Waals surface area contributed by atoms with Gasteiger partial charge in [0.15, 0.2) is 0 Å². The van der Waals surface area contributed by atoms with Crippen LogP contribution in [-0.4, -0.2) is 37.7 Å². The standard InChI is InChI=1S/C14H17NO4/c1-18-14(17)12-8-11(9-15-12)19-13(16)7-10-5-3-2-4-6-10/h2-6,11-12,15H,7-9H2,1H3/t11-,12-/m0/s1. The largest absolute Gasteiger partial charge is 0.468 e. The minimum Gasteiger partial charge on any atom is -0.468 e. The SMILES string of the molecule is COC(=O)[C@@H]1C[C@H](OC(=O)Cc2ccccc2)CN1. The van der Waals surface area contributed by atoms with Crippen LogP contribution in [0.2, 0.25) is 0 Å². The molecule has 1 saturated heterocycles. The summed E-state index contributed by atoms with van der Waals surface area (Å²) in [5, 5.41) is 2.97. The molecular formula is C14H17NO4. The number of hydrogen-bond donors (Lipinski definition) is 1. The van der Waals surface area contributed by atoms with Crippen molar-refractivity contribution < 1.29 is 19.1 Å². The topological polar surface area (TPSA) is 64.6 Å². The predicted octanol–water partition coefficient (Wildman–Crippen LogP) is 0.676. The fourth-order valence-electron chi connectivity index (χ4n) is 2.10. The Bertz CT molecular complexity index is 446. The molecule has 0 aliphatic carbocycles. The first kappa shape index (κ1) is 13.5. The molecule has 1 aliphatic heterocycles. The van der Waals surface area contributed by atoms with Crippen molar-refractivity contribution in [1.82, 2.24) is 5.32 Å². The smallest absolute Gasteiger partial charge is 0.323 e. The van der Waals surface area contributed by atoms with Crippen LogP contribution in [0.15, 0.2) is 30.3 Å². The first-order valence-corrected chi connectivity index (χ1v) is 6.23. The molecule has 0 amide bonds. The van der Waals surface area contributed by atoms with Gasteiger partial charge >= 0.3 is 11.9 Å². The molecule has 5 nitrogen and oxygen atoms in total. The summed E-state index contributed by atoms with van der Waals surface area (Å²) in [7, 11) is 1.35. The minimum absolute atomic E-state index is 0.250. The molecule has 1 aliphatic rings. The molecule has 1 fully saturated rings. The van der Waals surface area contributed by atoms with E-state index in [0.29, 0.717) is 13.0 Å². The number of hydrogen-bond acceptors (Lipinski definition) is 5. The Morgan fingerprint density at radius 2 is 2.05 bits per heavy atom. The number of carbonyl (C=O) groups excluding carboxylic acids is 2. The Morgan fingerprint density at radius 1 is 1.32 bits per heavy atom. The molecule has 1 heterocycles. The van der Waals surface area contributed by atoms with Gasteiger partial charge in [0.25, 0.3) is 0 Å². The van der Waals surface area contributed by atoms with E-state index in [9.17, 15) is 9.59 Å². The van der Waals surface area contributed by atoms with Gasteiger partial charge in [0.05, 0.1) is 13.5 Å². The normalized spacial score (nSPS) is 21.9. The van der Waals surface area contributed by atoms with E-state index >= 15 is 0 Å². The van der Waals surface area contributed by atoms with Gasteiger partial charge < -0.3 is 14.8 Å². The highest BCUT2D eigenvalue weighted by atomic mass is 16.5. The molecule has 1 aromatic carbocycles. The summed E-state index contributed by atoms with van der Waals surface area (Å²) in [5.74, 6) is -0.592. The van der Waals surface area contributed by atoms with Crippen LogP contribution >= 0.6 is 0 Å². The van der Waals surface area contributed by atoms with Crippen molar-refractivity contribution in [1.29, 1.82) is 0 Å². The lowest BCUT2D eigenvalue weighted by Crippen LogP contribution is -2.31. The minimum atomic E-state index is -0.375. The van der Waals surface area contributed by atoms with Crippen LogP contribution in [0, 0.1) is 0 Å². The van der Waals surface area contributed by atoms with Gasteiger partial charge in [-0.3, -0.25) is 9.59 Å². The van der Waals surface area contributed by atoms with E-state index in [1.807, 2.05) is 30.3 Å². The van der Waals surface area contributed by atoms with E-state index < -0.39 is 0 Å². The van der Waals surface area contributed by atoms with Crippen molar-refractivity contribution >= 4 is 11.9 Å². The second-order valence-corrected chi connectivity index (χ2v) is 4.49. The average Bonchev–Trinajstić information content (AvgIpc) is 2.87. The Kier molecular flexibility index (Phi) is 4.52. The van der Waals surface area contributed by atoms with Gasteiger partial charge in [-0.2, -0.15) is 0 Å². The van der Waals surface area contributed by atoms with Crippen LogP contribution in [0.25, 0.3) is 0 Å². The lowest BCUT2D eigenvalue weighted by Gasteiger charge is -2.11. The van der Waals surface area contributed by atoms with Crippen molar-refractivity contribution in [2.75, 3.05) is 13.7 Å². The van der Waals surface area contributed by atoms with E-state index in [0.717, 1.165) is 5.56 Å². The molecule has 0 bridgehead atoms. The molecule has 0 radical (unpaired) electrons. The van der Waals surface area contributed by atoms with Crippen LogP contribution in [0.1, 0.15) is 12.0 Å². The zero-order chi connectivity index (χ0) is 13.7. The van der Waals surface area contributed by atoms with Gasteiger partial charge in [-0.1, -0.05) is 30.3 Å². The maximum Gasteiger partial charge on any atom is 0.323 e. The number of methoxy groups -OCH3 is 1. The summed E-state index contributed by atoms with van der Waals surface area (Å²) in [6.45, 7) is 0.486. The molecule has 102 valence electrons. The number of benzene rings is 1. The van der Waals surface area contributed by atoms with Gasteiger partial charge in [0.2, 0.25) is 0 Å². The lowest BCUT2D eigenvalue weighted by atomic mass is 10.1.